The third kappa shape index (κ3) is 3.68. The van der Waals surface area contributed by atoms with E-state index < -0.39 is 13.1 Å². The van der Waals surface area contributed by atoms with E-state index in [9.17, 15) is 14.8 Å². The molecule has 0 spiro atoms. The summed E-state index contributed by atoms with van der Waals surface area (Å²) in [5, 5.41) is 24.8. The zero-order valence-corrected chi connectivity index (χ0v) is 9.93. The summed E-state index contributed by atoms with van der Waals surface area (Å²) in [4.78, 5) is 13.5. The van der Waals surface area contributed by atoms with Gasteiger partial charge < -0.3 is 25.6 Å². The average molecular weight is 257 g/mol. The minimum absolute atomic E-state index is 0. The highest BCUT2D eigenvalue weighted by atomic mass is 16.4. The van der Waals surface area contributed by atoms with Crippen LogP contribution in [0.1, 0.15) is 26.7 Å². The van der Waals surface area contributed by atoms with Gasteiger partial charge in [0, 0.05) is 19.1 Å². The molecule has 0 radical (unpaired) electrons. The Morgan fingerprint density at radius 2 is 2.22 bits per heavy atom. The molecule has 2 rings (SSSR count). The summed E-state index contributed by atoms with van der Waals surface area (Å²) in [6.07, 6.45) is 2.56. The lowest BCUT2D eigenvalue weighted by molar-refractivity contribution is -0.130. The van der Waals surface area contributed by atoms with Crippen LogP contribution in [0.5, 0.6) is 0 Å². The maximum atomic E-state index is 11.9. The van der Waals surface area contributed by atoms with E-state index in [1.165, 1.54) is 0 Å². The van der Waals surface area contributed by atoms with Gasteiger partial charge in [-0.2, -0.15) is 0 Å². The Kier molecular flexibility index (Phi) is 6.07. The lowest BCUT2D eigenvalue weighted by Gasteiger charge is -2.24. The number of nitrogens with one attached hydrogen (secondary N) is 2. The Balaban J connectivity index is 0.00000162. The topological polar surface area (TPSA) is 84.8 Å². The van der Waals surface area contributed by atoms with Crippen molar-refractivity contribution in [3.05, 3.63) is 0 Å². The van der Waals surface area contributed by atoms with Crippen molar-refractivity contribution in [2.75, 3.05) is 26.2 Å². The summed E-state index contributed by atoms with van der Waals surface area (Å²) in [6.45, 7) is 2.81. The Morgan fingerprint density at radius 1 is 1.44 bits per heavy atom. The van der Waals surface area contributed by atoms with E-state index in [1.807, 2.05) is 0 Å². The van der Waals surface area contributed by atoms with Gasteiger partial charge in [-0.1, -0.05) is 7.43 Å². The first kappa shape index (κ1) is 15.4. The Morgan fingerprint density at radius 3 is 2.83 bits per heavy atom. The van der Waals surface area contributed by atoms with Gasteiger partial charge in [-0.25, -0.2) is 0 Å². The van der Waals surface area contributed by atoms with E-state index in [1.54, 1.807) is 4.90 Å². The lowest BCUT2D eigenvalue weighted by atomic mass is 9.78. The standard InChI is InChI=1S/C10H20BN3O3.CH4/c15-10(7-13-8-3-4-12-6-8)14-5-1-2-9(14)11(16)17;/h8-9,12-13,16-17H,1-7H2;1H4/t8-,9+;/m1./s1. The van der Waals surface area contributed by atoms with E-state index in [0.29, 0.717) is 19.0 Å². The van der Waals surface area contributed by atoms with Crippen LogP contribution in [0.15, 0.2) is 0 Å². The van der Waals surface area contributed by atoms with Crippen molar-refractivity contribution in [2.45, 2.75) is 38.7 Å². The molecular formula is C11H24BN3O3. The van der Waals surface area contributed by atoms with E-state index >= 15 is 0 Å². The van der Waals surface area contributed by atoms with Crippen LogP contribution >= 0.6 is 0 Å². The lowest BCUT2D eigenvalue weighted by Crippen LogP contribution is -2.49. The molecule has 18 heavy (non-hydrogen) atoms. The van der Waals surface area contributed by atoms with E-state index in [-0.39, 0.29) is 19.9 Å². The predicted molar refractivity (Wildman–Crippen MR) is 70.9 cm³/mol. The molecule has 6 nitrogen and oxygen atoms in total. The van der Waals surface area contributed by atoms with Crippen LogP contribution in [0.25, 0.3) is 0 Å². The van der Waals surface area contributed by atoms with Gasteiger partial charge in [-0.3, -0.25) is 4.79 Å². The second kappa shape index (κ2) is 7.08. The van der Waals surface area contributed by atoms with Gasteiger partial charge in [0.05, 0.1) is 12.5 Å². The van der Waals surface area contributed by atoms with Crippen molar-refractivity contribution >= 4 is 13.0 Å². The fourth-order valence-corrected chi connectivity index (χ4v) is 2.57. The molecule has 4 N–H and O–H groups in total. The highest BCUT2D eigenvalue weighted by molar-refractivity contribution is 6.43. The Bertz CT molecular complexity index is 272. The fourth-order valence-electron chi connectivity index (χ4n) is 2.57. The second-order valence-electron chi connectivity index (χ2n) is 4.78. The number of hydrogen-bond acceptors (Lipinski definition) is 5. The number of carbonyl (C=O) groups excluding carboxylic acids is 1. The SMILES string of the molecule is C.O=C(CN[C@@H]1CCNC1)N1CCC[C@H]1B(O)O. The molecule has 0 aromatic heterocycles. The van der Waals surface area contributed by atoms with E-state index in [4.69, 9.17) is 0 Å². The monoisotopic (exact) mass is 257 g/mol. The molecule has 0 saturated carbocycles. The average Bonchev–Trinajstić information content (AvgIpc) is 2.96. The number of hydrogen-bond donors (Lipinski definition) is 4. The summed E-state index contributed by atoms with van der Waals surface area (Å²) in [6, 6.07) is 0.360. The second-order valence-corrected chi connectivity index (χ2v) is 4.78. The molecule has 2 aliphatic heterocycles. The molecule has 104 valence electrons. The number of rotatable bonds is 4. The van der Waals surface area contributed by atoms with Gasteiger partial charge in [-0.15, -0.1) is 0 Å². The van der Waals surface area contributed by atoms with Crippen molar-refractivity contribution in [3.8, 4) is 0 Å². The van der Waals surface area contributed by atoms with Crippen LogP contribution in [0.4, 0.5) is 0 Å². The molecule has 0 aliphatic carbocycles. The number of amides is 1. The van der Waals surface area contributed by atoms with Crippen molar-refractivity contribution in [1.82, 2.24) is 15.5 Å². The molecule has 2 fully saturated rings. The molecular weight excluding hydrogens is 233 g/mol. The number of carbonyl (C=O) groups is 1. The van der Waals surface area contributed by atoms with Crippen LogP contribution in [0.3, 0.4) is 0 Å². The zero-order valence-electron chi connectivity index (χ0n) is 9.93. The summed E-state index contributed by atoms with van der Waals surface area (Å²) in [5.41, 5.74) is 0. The third-order valence-electron chi connectivity index (χ3n) is 3.57. The van der Waals surface area contributed by atoms with Gasteiger partial charge in [0.2, 0.25) is 5.91 Å². The van der Waals surface area contributed by atoms with Gasteiger partial charge in [0.15, 0.2) is 0 Å². The van der Waals surface area contributed by atoms with Crippen LogP contribution in [0, 0.1) is 0 Å². The molecule has 0 bridgehead atoms. The normalized spacial score (nSPS) is 27.1. The van der Waals surface area contributed by atoms with Crippen molar-refractivity contribution in [3.63, 3.8) is 0 Å². The molecule has 1 amide bonds. The summed E-state index contributed by atoms with van der Waals surface area (Å²) < 4.78 is 0. The summed E-state index contributed by atoms with van der Waals surface area (Å²) in [7, 11) is -1.42. The maximum Gasteiger partial charge on any atom is 0.475 e. The highest BCUT2D eigenvalue weighted by Gasteiger charge is 2.36. The largest absolute Gasteiger partial charge is 0.475 e. The molecule has 0 aromatic carbocycles. The first-order chi connectivity index (χ1) is 8.18. The van der Waals surface area contributed by atoms with Crippen molar-refractivity contribution < 1.29 is 14.8 Å². The van der Waals surface area contributed by atoms with Crippen LogP contribution in [0.2, 0.25) is 0 Å². The molecule has 2 saturated heterocycles. The number of likely N-dealkylation sites (tertiary alicyclic amines) is 1. The molecule has 2 atom stereocenters. The van der Waals surface area contributed by atoms with Crippen LogP contribution < -0.4 is 10.6 Å². The number of nitrogens with zero attached hydrogens (tertiary/aromatic N) is 1. The fraction of sp³-hybridized carbons (Fsp3) is 0.909. The van der Waals surface area contributed by atoms with Gasteiger partial charge in [0.25, 0.3) is 0 Å². The summed E-state index contributed by atoms with van der Waals surface area (Å²) >= 11 is 0. The van der Waals surface area contributed by atoms with Gasteiger partial charge in [-0.05, 0) is 25.8 Å². The molecule has 0 aromatic rings. The first-order valence-corrected chi connectivity index (χ1v) is 6.28. The quantitative estimate of drug-likeness (QED) is 0.464. The molecule has 7 heteroatoms. The van der Waals surface area contributed by atoms with Gasteiger partial charge >= 0.3 is 7.12 Å². The van der Waals surface area contributed by atoms with E-state index in [0.717, 1.165) is 25.9 Å². The van der Waals surface area contributed by atoms with Crippen molar-refractivity contribution in [1.29, 1.82) is 0 Å². The Labute approximate surface area is 109 Å². The third-order valence-corrected chi connectivity index (χ3v) is 3.57. The molecule has 0 unspecified atom stereocenters. The van der Waals surface area contributed by atoms with Crippen LogP contribution in [-0.2, 0) is 4.79 Å². The minimum atomic E-state index is -1.42. The van der Waals surface area contributed by atoms with Gasteiger partial charge in [0.1, 0.15) is 0 Å². The smallest absolute Gasteiger partial charge is 0.426 e. The van der Waals surface area contributed by atoms with E-state index in [2.05, 4.69) is 10.6 Å². The zero-order chi connectivity index (χ0) is 12.3. The summed E-state index contributed by atoms with van der Waals surface area (Å²) in [5.74, 6) is -0.460. The Hall–Kier alpha value is -0.625. The minimum Gasteiger partial charge on any atom is -0.426 e. The molecule has 2 aliphatic rings. The first-order valence-electron chi connectivity index (χ1n) is 6.28. The molecule has 2 heterocycles. The highest BCUT2D eigenvalue weighted by Crippen LogP contribution is 2.17. The van der Waals surface area contributed by atoms with Crippen molar-refractivity contribution in [2.24, 2.45) is 0 Å². The maximum absolute atomic E-state index is 11.9. The predicted octanol–water partition coefficient (Wildman–Crippen LogP) is -1.42. The van der Waals surface area contributed by atoms with Crippen LogP contribution in [-0.4, -0.2) is 66.1 Å².